The lowest BCUT2D eigenvalue weighted by atomic mass is 10.2. The van der Waals surface area contributed by atoms with Gasteiger partial charge in [0.1, 0.15) is 5.75 Å². The van der Waals surface area contributed by atoms with Crippen LogP contribution in [0.3, 0.4) is 0 Å². The van der Waals surface area contributed by atoms with Gasteiger partial charge in [0.2, 0.25) is 0 Å². The molecule has 0 spiro atoms. The van der Waals surface area contributed by atoms with Crippen LogP contribution in [0.1, 0.15) is 0 Å². The van der Waals surface area contributed by atoms with Gasteiger partial charge in [-0.15, -0.1) is 0 Å². The first-order valence-corrected chi connectivity index (χ1v) is 8.32. The monoisotopic (exact) mass is 361 g/mol. The third-order valence-electron chi connectivity index (χ3n) is 3.74. The first-order chi connectivity index (χ1) is 13.1. The third-order valence-corrected chi connectivity index (χ3v) is 3.74. The first-order valence-electron chi connectivity index (χ1n) is 8.32. The van der Waals surface area contributed by atoms with Gasteiger partial charge in [-0.2, -0.15) is 0 Å². The minimum Gasteiger partial charge on any atom is -0.497 e. The maximum Gasteiger partial charge on any atom is 0.314 e. The van der Waals surface area contributed by atoms with E-state index in [1.807, 2.05) is 42.5 Å². The van der Waals surface area contributed by atoms with Crippen molar-refractivity contribution < 1.29 is 14.3 Å². The summed E-state index contributed by atoms with van der Waals surface area (Å²) in [5, 5.41) is 8.36. The minimum absolute atomic E-state index is 0.483. The number of hydrogen-bond acceptors (Lipinski definition) is 4. The van der Waals surface area contributed by atoms with Crippen molar-refractivity contribution >= 4 is 34.6 Å². The minimum atomic E-state index is -0.755. The van der Waals surface area contributed by atoms with E-state index in [0.29, 0.717) is 17.1 Å². The zero-order valence-corrected chi connectivity index (χ0v) is 14.7. The van der Waals surface area contributed by atoms with Crippen LogP contribution in [0.25, 0.3) is 0 Å². The molecule has 0 atom stereocenters. The summed E-state index contributed by atoms with van der Waals surface area (Å²) in [6.45, 7) is 0. The van der Waals surface area contributed by atoms with Crippen LogP contribution in [0.4, 0.5) is 22.7 Å². The summed E-state index contributed by atoms with van der Waals surface area (Å²) < 4.78 is 5.09. The smallest absolute Gasteiger partial charge is 0.314 e. The second-order valence-electron chi connectivity index (χ2n) is 5.71. The Labute approximate surface area is 157 Å². The summed E-state index contributed by atoms with van der Waals surface area (Å²) >= 11 is 0. The normalized spacial score (nSPS) is 9.96. The van der Waals surface area contributed by atoms with Gasteiger partial charge in [0, 0.05) is 28.8 Å². The SMILES string of the molecule is COc1cccc(NC(=O)C(=O)Nc2ccc(Nc3ccccc3)cc2)c1. The van der Waals surface area contributed by atoms with Gasteiger partial charge in [0.05, 0.1) is 7.11 Å². The zero-order valence-electron chi connectivity index (χ0n) is 14.7. The van der Waals surface area contributed by atoms with Gasteiger partial charge in [-0.25, -0.2) is 0 Å². The van der Waals surface area contributed by atoms with Crippen molar-refractivity contribution in [2.45, 2.75) is 0 Å². The van der Waals surface area contributed by atoms with Crippen molar-refractivity contribution in [3.05, 3.63) is 78.9 Å². The molecule has 0 aliphatic carbocycles. The van der Waals surface area contributed by atoms with E-state index in [1.165, 1.54) is 7.11 Å². The number of carbonyl (C=O) groups excluding carboxylic acids is 2. The van der Waals surface area contributed by atoms with E-state index in [0.717, 1.165) is 11.4 Å². The number of anilines is 4. The molecule has 0 saturated heterocycles. The molecular weight excluding hydrogens is 342 g/mol. The molecule has 0 heterocycles. The number of amides is 2. The molecule has 6 nitrogen and oxygen atoms in total. The summed E-state index contributed by atoms with van der Waals surface area (Å²) in [4.78, 5) is 24.1. The third kappa shape index (κ3) is 5.09. The molecule has 0 saturated carbocycles. The molecule has 3 aromatic rings. The van der Waals surface area contributed by atoms with E-state index in [2.05, 4.69) is 16.0 Å². The Kier molecular flexibility index (Phi) is 5.69. The largest absolute Gasteiger partial charge is 0.497 e. The lowest BCUT2D eigenvalue weighted by molar-refractivity contribution is -0.132. The molecule has 0 radical (unpaired) electrons. The van der Waals surface area contributed by atoms with Gasteiger partial charge in [-0.05, 0) is 48.5 Å². The highest BCUT2D eigenvalue weighted by Gasteiger charge is 2.14. The topological polar surface area (TPSA) is 79.5 Å². The van der Waals surface area contributed by atoms with Gasteiger partial charge in [0.15, 0.2) is 0 Å². The summed E-state index contributed by atoms with van der Waals surface area (Å²) in [5.41, 5.74) is 2.85. The second kappa shape index (κ2) is 8.53. The summed E-state index contributed by atoms with van der Waals surface area (Å²) in [5.74, 6) is -0.911. The van der Waals surface area contributed by atoms with Crippen LogP contribution in [0.15, 0.2) is 78.9 Å². The van der Waals surface area contributed by atoms with E-state index in [9.17, 15) is 9.59 Å². The van der Waals surface area contributed by atoms with Crippen LogP contribution in [0, 0.1) is 0 Å². The summed E-state index contributed by atoms with van der Waals surface area (Å²) in [6, 6.07) is 23.6. The zero-order chi connectivity index (χ0) is 19.1. The van der Waals surface area contributed by atoms with Crippen LogP contribution in [-0.4, -0.2) is 18.9 Å². The number of methoxy groups -OCH3 is 1. The molecule has 2 amide bonds. The Morgan fingerprint density at radius 3 is 1.89 bits per heavy atom. The van der Waals surface area contributed by atoms with Crippen molar-refractivity contribution in [3.63, 3.8) is 0 Å². The predicted octanol–water partition coefficient (Wildman–Crippen LogP) is 4.02. The summed E-state index contributed by atoms with van der Waals surface area (Å²) in [6.07, 6.45) is 0. The number of para-hydroxylation sites is 1. The fraction of sp³-hybridized carbons (Fsp3) is 0.0476. The second-order valence-corrected chi connectivity index (χ2v) is 5.71. The van der Waals surface area contributed by atoms with Crippen molar-refractivity contribution in [2.75, 3.05) is 23.1 Å². The number of hydrogen-bond donors (Lipinski definition) is 3. The van der Waals surface area contributed by atoms with Crippen molar-refractivity contribution in [3.8, 4) is 5.75 Å². The van der Waals surface area contributed by atoms with E-state index in [1.54, 1.807) is 36.4 Å². The van der Waals surface area contributed by atoms with E-state index >= 15 is 0 Å². The highest BCUT2D eigenvalue weighted by molar-refractivity contribution is 6.43. The standard InChI is InChI=1S/C21H19N3O3/c1-27-19-9-5-8-18(14-19)24-21(26)20(25)23-17-12-10-16(11-13-17)22-15-6-3-2-4-7-15/h2-14,22H,1H3,(H,23,25)(H,24,26). The molecule has 0 aliphatic rings. The Hall–Kier alpha value is -3.80. The van der Waals surface area contributed by atoms with Crippen LogP contribution in [0.2, 0.25) is 0 Å². The van der Waals surface area contributed by atoms with Crippen LogP contribution in [-0.2, 0) is 9.59 Å². The average Bonchev–Trinajstić information content (AvgIpc) is 2.70. The van der Waals surface area contributed by atoms with Crippen molar-refractivity contribution in [2.24, 2.45) is 0 Å². The van der Waals surface area contributed by atoms with Crippen molar-refractivity contribution in [1.82, 2.24) is 0 Å². The Morgan fingerprint density at radius 1 is 0.667 bits per heavy atom. The van der Waals surface area contributed by atoms with E-state index in [-0.39, 0.29) is 0 Å². The van der Waals surface area contributed by atoms with Gasteiger partial charge >= 0.3 is 11.8 Å². The van der Waals surface area contributed by atoms with Gasteiger partial charge < -0.3 is 20.7 Å². The van der Waals surface area contributed by atoms with E-state index in [4.69, 9.17) is 4.74 Å². The molecule has 3 rings (SSSR count). The van der Waals surface area contributed by atoms with Crippen LogP contribution in [0.5, 0.6) is 5.75 Å². The van der Waals surface area contributed by atoms with Gasteiger partial charge in [0.25, 0.3) is 0 Å². The molecule has 0 bridgehead atoms. The fourth-order valence-corrected chi connectivity index (χ4v) is 2.40. The molecule has 27 heavy (non-hydrogen) atoms. The Morgan fingerprint density at radius 2 is 1.22 bits per heavy atom. The molecule has 136 valence electrons. The molecule has 0 unspecified atom stereocenters. The van der Waals surface area contributed by atoms with E-state index < -0.39 is 11.8 Å². The molecular formula is C21H19N3O3. The number of rotatable bonds is 5. The molecule has 3 aromatic carbocycles. The lowest BCUT2D eigenvalue weighted by Crippen LogP contribution is -2.29. The van der Waals surface area contributed by atoms with Gasteiger partial charge in [-0.1, -0.05) is 24.3 Å². The maximum atomic E-state index is 12.1. The number of nitrogens with one attached hydrogen (secondary N) is 3. The predicted molar refractivity (Wildman–Crippen MR) is 106 cm³/mol. The molecule has 0 aromatic heterocycles. The highest BCUT2D eigenvalue weighted by Crippen LogP contribution is 2.19. The van der Waals surface area contributed by atoms with Crippen molar-refractivity contribution in [1.29, 1.82) is 0 Å². The fourth-order valence-electron chi connectivity index (χ4n) is 2.40. The molecule has 0 aliphatic heterocycles. The van der Waals surface area contributed by atoms with Gasteiger partial charge in [-0.3, -0.25) is 9.59 Å². The maximum absolute atomic E-state index is 12.1. The van der Waals surface area contributed by atoms with Crippen LogP contribution < -0.4 is 20.7 Å². The number of carbonyl (C=O) groups is 2. The highest BCUT2D eigenvalue weighted by atomic mass is 16.5. The summed E-state index contributed by atoms with van der Waals surface area (Å²) in [7, 11) is 1.53. The average molecular weight is 361 g/mol. The Balaban J connectivity index is 1.57. The molecule has 0 fully saturated rings. The molecule has 6 heteroatoms. The first kappa shape index (κ1) is 18.0. The Bertz CT molecular complexity index is 925. The molecule has 3 N–H and O–H groups in total. The number of benzene rings is 3. The quantitative estimate of drug-likeness (QED) is 0.600. The van der Waals surface area contributed by atoms with Crippen LogP contribution >= 0.6 is 0 Å². The number of ether oxygens (including phenoxy) is 1. The lowest BCUT2D eigenvalue weighted by Gasteiger charge is -2.09.